The summed E-state index contributed by atoms with van der Waals surface area (Å²) in [7, 11) is 0. The maximum atomic E-state index is 12.5. The molecule has 0 radical (unpaired) electrons. The van der Waals surface area contributed by atoms with Gasteiger partial charge in [-0.3, -0.25) is 0 Å². The molecule has 144 valence electrons. The maximum absolute atomic E-state index is 12.5. The molecule has 3 rings (SSSR count). The Morgan fingerprint density at radius 3 is 2.69 bits per heavy atom. The number of esters is 2. The van der Waals surface area contributed by atoms with Crippen LogP contribution in [0.4, 0.5) is 0 Å². The fourth-order valence-electron chi connectivity index (χ4n) is 5.17. The van der Waals surface area contributed by atoms with Gasteiger partial charge in [-0.15, -0.1) is 0 Å². The van der Waals surface area contributed by atoms with Gasteiger partial charge in [0.1, 0.15) is 12.2 Å². The van der Waals surface area contributed by atoms with Crippen molar-refractivity contribution in [2.75, 3.05) is 0 Å². The Bertz CT molecular complexity index is 678. The topological polar surface area (TPSA) is 93.1 Å². The molecule has 2 aliphatic carbocycles. The monoisotopic (exact) mass is 364 g/mol. The average molecular weight is 364 g/mol. The third-order valence-electron chi connectivity index (χ3n) is 6.71. The van der Waals surface area contributed by atoms with Crippen LogP contribution >= 0.6 is 0 Å². The fourth-order valence-corrected chi connectivity index (χ4v) is 5.17. The number of rotatable bonds is 2. The number of allylic oxidation sites excluding steroid dienone is 1. The van der Waals surface area contributed by atoms with Crippen molar-refractivity contribution in [1.82, 2.24) is 0 Å². The van der Waals surface area contributed by atoms with Crippen molar-refractivity contribution >= 4 is 11.9 Å². The molecule has 6 heteroatoms. The summed E-state index contributed by atoms with van der Waals surface area (Å²) in [6.45, 7) is 10.8. The Labute approximate surface area is 153 Å². The second-order valence-electron chi connectivity index (χ2n) is 8.44. The maximum Gasteiger partial charge on any atom is 0.334 e. The summed E-state index contributed by atoms with van der Waals surface area (Å²) in [4.78, 5) is 24.6. The van der Waals surface area contributed by atoms with Crippen LogP contribution in [0.2, 0.25) is 0 Å². The molecule has 3 aliphatic rings. The van der Waals surface area contributed by atoms with Gasteiger partial charge in [-0.25, -0.2) is 9.59 Å². The minimum Gasteiger partial charge on any atom is -0.458 e. The molecule has 1 heterocycles. The number of carbonyl (C=O) groups excluding carboxylic acids is 2. The predicted octanol–water partition coefficient (Wildman–Crippen LogP) is 1.89. The summed E-state index contributed by atoms with van der Waals surface area (Å²) in [5, 5.41) is 21.9. The van der Waals surface area contributed by atoms with Crippen molar-refractivity contribution < 1.29 is 29.3 Å². The predicted molar refractivity (Wildman–Crippen MR) is 93.9 cm³/mol. The van der Waals surface area contributed by atoms with E-state index < -0.39 is 53.1 Å². The van der Waals surface area contributed by atoms with E-state index in [0.29, 0.717) is 24.8 Å². The second-order valence-corrected chi connectivity index (χ2v) is 8.44. The van der Waals surface area contributed by atoms with Gasteiger partial charge < -0.3 is 19.7 Å². The average Bonchev–Trinajstić information content (AvgIpc) is 2.84. The van der Waals surface area contributed by atoms with E-state index in [-0.39, 0.29) is 5.57 Å². The lowest BCUT2D eigenvalue weighted by Gasteiger charge is -2.59. The lowest BCUT2D eigenvalue weighted by atomic mass is 9.50. The lowest BCUT2D eigenvalue weighted by Crippen LogP contribution is -2.65. The Morgan fingerprint density at radius 1 is 1.42 bits per heavy atom. The molecule has 2 N–H and O–H groups in total. The molecule has 1 saturated heterocycles. The van der Waals surface area contributed by atoms with Crippen LogP contribution in [0.1, 0.15) is 47.0 Å². The van der Waals surface area contributed by atoms with Crippen molar-refractivity contribution in [1.29, 1.82) is 0 Å². The molecule has 0 aromatic carbocycles. The Balaban J connectivity index is 2.08. The molecule has 0 aromatic rings. The van der Waals surface area contributed by atoms with E-state index in [1.807, 2.05) is 6.92 Å². The first-order chi connectivity index (χ1) is 12.0. The molecule has 7 atom stereocenters. The first-order valence-electron chi connectivity index (χ1n) is 9.17. The van der Waals surface area contributed by atoms with E-state index in [9.17, 15) is 19.8 Å². The van der Waals surface area contributed by atoms with Gasteiger partial charge in [0.15, 0.2) is 0 Å². The second kappa shape index (κ2) is 6.20. The number of ether oxygens (including phenoxy) is 2. The SMILES string of the molecule is C=C1C(=O)O[C@@H]2C[C@@]3(C)[C@H](O)CC[C@](C)(O)[C@@H]3[C@@H](OC(=O)/C(C)=C\C)[C@H]12. The first-order valence-corrected chi connectivity index (χ1v) is 9.17. The van der Waals surface area contributed by atoms with Crippen LogP contribution in [0.25, 0.3) is 0 Å². The number of carbonyl (C=O) groups is 2. The molecule has 3 fully saturated rings. The van der Waals surface area contributed by atoms with Gasteiger partial charge in [-0.1, -0.05) is 19.6 Å². The van der Waals surface area contributed by atoms with Gasteiger partial charge in [0.2, 0.25) is 0 Å². The zero-order valence-corrected chi connectivity index (χ0v) is 15.8. The van der Waals surface area contributed by atoms with Crippen LogP contribution < -0.4 is 0 Å². The molecule has 0 unspecified atom stereocenters. The molecule has 0 aromatic heterocycles. The highest BCUT2D eigenvalue weighted by atomic mass is 16.6. The lowest BCUT2D eigenvalue weighted by molar-refractivity contribution is -0.234. The highest BCUT2D eigenvalue weighted by Gasteiger charge is 2.66. The van der Waals surface area contributed by atoms with Crippen molar-refractivity contribution in [2.24, 2.45) is 17.3 Å². The van der Waals surface area contributed by atoms with E-state index in [1.54, 1.807) is 26.8 Å². The number of hydrogen-bond donors (Lipinski definition) is 2. The summed E-state index contributed by atoms with van der Waals surface area (Å²) < 4.78 is 11.3. The summed E-state index contributed by atoms with van der Waals surface area (Å²) in [5.74, 6) is -2.03. The zero-order chi connectivity index (χ0) is 19.4. The molecular formula is C20H28O6. The van der Waals surface area contributed by atoms with Gasteiger partial charge >= 0.3 is 11.9 Å². The normalized spacial score (nSPS) is 45.6. The molecular weight excluding hydrogens is 336 g/mol. The number of aliphatic hydroxyl groups excluding tert-OH is 1. The van der Waals surface area contributed by atoms with Crippen molar-refractivity contribution in [3.8, 4) is 0 Å². The number of fused-ring (bicyclic) bond motifs is 2. The molecule has 0 spiro atoms. The molecule has 0 bridgehead atoms. The summed E-state index contributed by atoms with van der Waals surface area (Å²) in [6, 6.07) is 0. The van der Waals surface area contributed by atoms with Crippen molar-refractivity contribution in [3.63, 3.8) is 0 Å². The zero-order valence-electron chi connectivity index (χ0n) is 15.8. The highest BCUT2D eigenvalue weighted by Crippen LogP contribution is 2.59. The summed E-state index contributed by atoms with van der Waals surface area (Å²) >= 11 is 0. The van der Waals surface area contributed by atoms with E-state index in [4.69, 9.17) is 9.47 Å². The van der Waals surface area contributed by atoms with E-state index >= 15 is 0 Å². The standard InChI is InChI=1S/C20H28O6/c1-6-10(2)17(22)26-15-14-11(3)18(23)25-12(14)9-19(4)13(21)7-8-20(5,24)16(15)19/h6,12-16,21,24H,3,7-9H2,1-2,4-5H3/b10-6-/t12-,13-,14-,15+,16-,19+,20+/m1/s1. The Morgan fingerprint density at radius 2 is 2.08 bits per heavy atom. The smallest absolute Gasteiger partial charge is 0.334 e. The highest BCUT2D eigenvalue weighted by molar-refractivity contribution is 5.91. The van der Waals surface area contributed by atoms with E-state index in [2.05, 4.69) is 6.58 Å². The van der Waals surface area contributed by atoms with Gasteiger partial charge in [0.25, 0.3) is 0 Å². The Hall–Kier alpha value is -1.66. The molecule has 1 aliphatic heterocycles. The molecule has 6 nitrogen and oxygen atoms in total. The largest absolute Gasteiger partial charge is 0.458 e. The van der Waals surface area contributed by atoms with E-state index in [1.165, 1.54) is 0 Å². The fraction of sp³-hybridized carbons (Fsp3) is 0.700. The van der Waals surface area contributed by atoms with Crippen LogP contribution in [-0.2, 0) is 19.1 Å². The van der Waals surface area contributed by atoms with E-state index in [0.717, 1.165) is 0 Å². The van der Waals surface area contributed by atoms with Crippen molar-refractivity contribution in [3.05, 3.63) is 23.8 Å². The molecule has 0 amide bonds. The van der Waals surface area contributed by atoms with Gasteiger partial charge in [0, 0.05) is 22.5 Å². The van der Waals surface area contributed by atoms with Gasteiger partial charge in [0.05, 0.1) is 17.6 Å². The Kier molecular flexibility index (Phi) is 4.56. The number of aliphatic hydroxyl groups is 2. The van der Waals surface area contributed by atoms with Crippen molar-refractivity contribution in [2.45, 2.75) is 70.9 Å². The third-order valence-corrected chi connectivity index (χ3v) is 6.71. The van der Waals surface area contributed by atoms with Crippen LogP contribution in [-0.4, -0.2) is 46.1 Å². The minimum atomic E-state index is -1.14. The van der Waals surface area contributed by atoms with Gasteiger partial charge in [-0.2, -0.15) is 0 Å². The van der Waals surface area contributed by atoms with Crippen LogP contribution in [0.3, 0.4) is 0 Å². The van der Waals surface area contributed by atoms with Crippen LogP contribution in [0.15, 0.2) is 23.8 Å². The summed E-state index contributed by atoms with van der Waals surface area (Å²) in [6.07, 6.45) is 0.922. The third kappa shape index (κ3) is 2.70. The number of hydrogen-bond acceptors (Lipinski definition) is 6. The molecule has 2 saturated carbocycles. The van der Waals surface area contributed by atoms with Gasteiger partial charge in [-0.05, 0) is 40.0 Å². The van der Waals surface area contributed by atoms with Crippen LogP contribution in [0, 0.1) is 17.3 Å². The minimum absolute atomic E-state index is 0.267. The first kappa shape index (κ1) is 19.1. The quantitative estimate of drug-likeness (QED) is 0.574. The van der Waals surface area contributed by atoms with Crippen LogP contribution in [0.5, 0.6) is 0 Å². The summed E-state index contributed by atoms with van der Waals surface area (Å²) in [5.41, 5.74) is -1.16. The molecule has 26 heavy (non-hydrogen) atoms.